The molecule has 1 aliphatic rings. The number of nitrogen functional groups attached to an aromatic ring is 1. The minimum absolute atomic E-state index is 0. The van der Waals surface area contributed by atoms with E-state index in [9.17, 15) is 0 Å². The summed E-state index contributed by atoms with van der Waals surface area (Å²) in [5.74, 6) is 0.691. The lowest BCUT2D eigenvalue weighted by atomic mass is 10.2. The molecule has 1 saturated carbocycles. The number of anilines is 1. The highest BCUT2D eigenvalue weighted by molar-refractivity contribution is 5.85. The molecule has 0 aromatic carbocycles. The topological polar surface area (TPSA) is 43.8 Å². The highest BCUT2D eigenvalue weighted by Gasteiger charge is 2.30. The van der Waals surface area contributed by atoms with Crippen LogP contribution in [0.4, 0.5) is 5.69 Å². The molecule has 2 rings (SSSR count). The van der Waals surface area contributed by atoms with Gasteiger partial charge in [-0.15, -0.1) is 12.4 Å². The summed E-state index contributed by atoms with van der Waals surface area (Å²) in [6, 6.07) is 0.480. The summed E-state index contributed by atoms with van der Waals surface area (Å²) in [6.45, 7) is 4.37. The van der Waals surface area contributed by atoms with Crippen molar-refractivity contribution in [1.29, 1.82) is 0 Å². The molecule has 0 amide bonds. The van der Waals surface area contributed by atoms with Gasteiger partial charge in [-0.1, -0.05) is 6.92 Å². The summed E-state index contributed by atoms with van der Waals surface area (Å²) < 4.78 is 2.10. The largest absolute Gasteiger partial charge is 0.396 e. The summed E-state index contributed by atoms with van der Waals surface area (Å²) in [5.41, 5.74) is 8.04. The quantitative estimate of drug-likeness (QED) is 0.843. The Hall–Kier alpha value is -0.700. The first kappa shape index (κ1) is 11.4. The zero-order valence-corrected chi connectivity index (χ0v) is 9.55. The monoisotopic (exact) mass is 215 g/mol. The van der Waals surface area contributed by atoms with Crippen LogP contribution in [0.2, 0.25) is 0 Å². The lowest BCUT2D eigenvalue weighted by molar-refractivity contribution is 0.461. The molecule has 14 heavy (non-hydrogen) atoms. The summed E-state index contributed by atoms with van der Waals surface area (Å²) in [4.78, 5) is 0. The summed E-state index contributed by atoms with van der Waals surface area (Å²) in [5, 5.41) is 4.34. The summed E-state index contributed by atoms with van der Waals surface area (Å²) in [6.07, 6.45) is 5.47. The molecule has 2 N–H and O–H groups in total. The smallest absolute Gasteiger partial charge is 0.0736 e. The van der Waals surface area contributed by atoms with Gasteiger partial charge in [0.15, 0.2) is 0 Å². The summed E-state index contributed by atoms with van der Waals surface area (Å²) in [7, 11) is 0. The molecule has 1 unspecified atom stereocenters. The van der Waals surface area contributed by atoms with Gasteiger partial charge in [-0.3, -0.25) is 4.68 Å². The number of nitrogens with zero attached hydrogens (tertiary/aromatic N) is 2. The third-order valence-electron chi connectivity index (χ3n) is 2.84. The SMILES string of the molecule is CCC(C)n1ncc(N)c1C1CC1.Cl. The van der Waals surface area contributed by atoms with E-state index < -0.39 is 0 Å². The normalized spacial score (nSPS) is 17.6. The van der Waals surface area contributed by atoms with E-state index in [0.717, 1.165) is 12.1 Å². The van der Waals surface area contributed by atoms with Crippen LogP contribution in [0.5, 0.6) is 0 Å². The fourth-order valence-corrected chi connectivity index (χ4v) is 1.69. The molecule has 1 fully saturated rings. The van der Waals surface area contributed by atoms with Crippen molar-refractivity contribution >= 4 is 18.1 Å². The Labute approximate surface area is 91.1 Å². The first-order chi connectivity index (χ1) is 6.24. The van der Waals surface area contributed by atoms with Crippen LogP contribution in [-0.4, -0.2) is 9.78 Å². The Bertz CT molecular complexity index is 304. The van der Waals surface area contributed by atoms with Gasteiger partial charge >= 0.3 is 0 Å². The van der Waals surface area contributed by atoms with Crippen LogP contribution in [0.3, 0.4) is 0 Å². The van der Waals surface area contributed by atoms with Crippen molar-refractivity contribution in [2.24, 2.45) is 0 Å². The van der Waals surface area contributed by atoms with Crippen LogP contribution in [0, 0.1) is 0 Å². The number of hydrogen-bond donors (Lipinski definition) is 1. The van der Waals surface area contributed by atoms with Gasteiger partial charge in [0.2, 0.25) is 0 Å². The van der Waals surface area contributed by atoms with Crippen molar-refractivity contribution in [2.45, 2.75) is 45.1 Å². The van der Waals surface area contributed by atoms with Gasteiger partial charge in [0.25, 0.3) is 0 Å². The van der Waals surface area contributed by atoms with Crippen LogP contribution in [0.25, 0.3) is 0 Å². The molecule has 0 spiro atoms. The number of rotatable bonds is 3. The fourth-order valence-electron chi connectivity index (χ4n) is 1.69. The van der Waals surface area contributed by atoms with E-state index in [0.29, 0.717) is 12.0 Å². The van der Waals surface area contributed by atoms with Gasteiger partial charge in [0, 0.05) is 12.0 Å². The first-order valence-electron chi connectivity index (χ1n) is 5.07. The van der Waals surface area contributed by atoms with Gasteiger partial charge in [-0.05, 0) is 26.2 Å². The van der Waals surface area contributed by atoms with Crippen LogP contribution >= 0.6 is 12.4 Å². The fraction of sp³-hybridized carbons (Fsp3) is 0.700. The molecule has 1 heterocycles. The second-order valence-corrected chi connectivity index (χ2v) is 3.96. The minimum atomic E-state index is 0. The molecule has 1 atom stereocenters. The van der Waals surface area contributed by atoms with Crippen molar-refractivity contribution < 1.29 is 0 Å². The zero-order valence-electron chi connectivity index (χ0n) is 8.73. The molecule has 0 aliphatic heterocycles. The van der Waals surface area contributed by atoms with Gasteiger partial charge in [0.1, 0.15) is 0 Å². The van der Waals surface area contributed by atoms with Crippen molar-refractivity contribution in [3.8, 4) is 0 Å². The third-order valence-corrected chi connectivity index (χ3v) is 2.84. The Balaban J connectivity index is 0.000000980. The molecule has 1 aliphatic carbocycles. The number of nitrogens with two attached hydrogens (primary N) is 1. The lowest BCUT2D eigenvalue weighted by Crippen LogP contribution is -2.09. The Morgan fingerprint density at radius 2 is 2.29 bits per heavy atom. The number of halogens is 1. The van der Waals surface area contributed by atoms with E-state index in [1.807, 2.05) is 0 Å². The Morgan fingerprint density at radius 3 is 2.79 bits per heavy atom. The second-order valence-electron chi connectivity index (χ2n) is 3.96. The first-order valence-corrected chi connectivity index (χ1v) is 5.07. The molecule has 0 bridgehead atoms. The molecule has 80 valence electrons. The van der Waals surface area contributed by atoms with Crippen LogP contribution in [0.15, 0.2) is 6.20 Å². The number of aromatic nitrogens is 2. The number of hydrogen-bond acceptors (Lipinski definition) is 2. The maximum absolute atomic E-state index is 5.89. The second kappa shape index (κ2) is 4.22. The minimum Gasteiger partial charge on any atom is -0.396 e. The predicted molar refractivity (Wildman–Crippen MR) is 60.9 cm³/mol. The average Bonchev–Trinajstić information content (AvgIpc) is 2.89. The zero-order chi connectivity index (χ0) is 9.42. The van der Waals surface area contributed by atoms with E-state index in [2.05, 4.69) is 23.6 Å². The molecular formula is C10H18ClN3. The maximum atomic E-state index is 5.89. The van der Waals surface area contributed by atoms with Crippen molar-refractivity contribution in [1.82, 2.24) is 9.78 Å². The summed E-state index contributed by atoms with van der Waals surface area (Å²) >= 11 is 0. The van der Waals surface area contributed by atoms with Crippen LogP contribution in [0.1, 0.15) is 50.8 Å². The highest BCUT2D eigenvalue weighted by atomic mass is 35.5. The molecule has 3 nitrogen and oxygen atoms in total. The Kier molecular flexibility index (Phi) is 3.43. The molecule has 0 saturated heterocycles. The molecule has 0 radical (unpaired) electrons. The van der Waals surface area contributed by atoms with Crippen molar-refractivity contribution in [2.75, 3.05) is 5.73 Å². The van der Waals surface area contributed by atoms with E-state index in [4.69, 9.17) is 5.73 Å². The molecule has 1 aromatic rings. The van der Waals surface area contributed by atoms with Gasteiger partial charge in [-0.25, -0.2) is 0 Å². The highest BCUT2D eigenvalue weighted by Crippen LogP contribution is 2.43. The molecular weight excluding hydrogens is 198 g/mol. The van der Waals surface area contributed by atoms with E-state index in [1.165, 1.54) is 18.5 Å². The van der Waals surface area contributed by atoms with Crippen LogP contribution in [-0.2, 0) is 0 Å². The average molecular weight is 216 g/mol. The predicted octanol–water partition coefficient (Wildman–Crippen LogP) is 2.74. The van der Waals surface area contributed by atoms with E-state index in [1.54, 1.807) is 6.20 Å². The van der Waals surface area contributed by atoms with E-state index in [-0.39, 0.29) is 12.4 Å². The molecule has 4 heteroatoms. The lowest BCUT2D eigenvalue weighted by Gasteiger charge is -2.13. The van der Waals surface area contributed by atoms with Gasteiger partial charge in [0.05, 0.1) is 17.6 Å². The molecule has 1 aromatic heterocycles. The van der Waals surface area contributed by atoms with Gasteiger partial charge in [-0.2, -0.15) is 5.10 Å². The van der Waals surface area contributed by atoms with Crippen molar-refractivity contribution in [3.05, 3.63) is 11.9 Å². The van der Waals surface area contributed by atoms with E-state index >= 15 is 0 Å². The van der Waals surface area contributed by atoms with Crippen molar-refractivity contribution in [3.63, 3.8) is 0 Å². The van der Waals surface area contributed by atoms with Gasteiger partial charge < -0.3 is 5.73 Å². The maximum Gasteiger partial charge on any atom is 0.0736 e. The Morgan fingerprint density at radius 1 is 1.64 bits per heavy atom. The standard InChI is InChI=1S/C10H17N3.ClH/c1-3-7(2)13-10(8-4-5-8)9(11)6-12-13;/h6-8H,3-5,11H2,1-2H3;1H. The van der Waals surface area contributed by atoms with Crippen LogP contribution < -0.4 is 5.73 Å². The third kappa shape index (κ3) is 1.87.